The summed E-state index contributed by atoms with van der Waals surface area (Å²) in [5.74, 6) is 0. The van der Waals surface area contributed by atoms with Crippen molar-refractivity contribution in [2.45, 2.75) is 23.4 Å². The van der Waals surface area contributed by atoms with E-state index in [1.165, 1.54) is 0 Å². The molecular formula is C6H10O6S. The Balaban J connectivity index is 2.28. The first-order chi connectivity index (χ1) is 5.86. The molecule has 0 aliphatic carbocycles. The first kappa shape index (κ1) is 9.35. The van der Waals surface area contributed by atoms with Crippen LogP contribution in [0.4, 0.5) is 0 Å². The van der Waals surface area contributed by atoms with Crippen LogP contribution in [-0.2, 0) is 19.3 Å². The number of aliphatic hydroxyl groups excluding tert-OH is 1. The molecule has 0 spiro atoms. The van der Waals surface area contributed by atoms with Crippen LogP contribution in [-0.4, -0.2) is 54.9 Å². The Hall–Kier alpha value is -0.210. The second kappa shape index (κ2) is 2.43. The smallest absolute Gasteiger partial charge is 0.218 e. The van der Waals surface area contributed by atoms with Crippen LogP contribution in [0.5, 0.6) is 0 Å². The molecule has 13 heavy (non-hydrogen) atoms. The molecule has 7 heteroatoms. The van der Waals surface area contributed by atoms with E-state index in [1.54, 1.807) is 0 Å². The van der Waals surface area contributed by atoms with Crippen molar-refractivity contribution in [3.63, 3.8) is 0 Å². The molecule has 0 aromatic heterocycles. The van der Waals surface area contributed by atoms with Gasteiger partial charge in [-0.25, -0.2) is 8.42 Å². The predicted octanol–water partition coefficient (Wildman–Crippen LogP) is -2.16. The molecule has 0 bridgehead atoms. The quantitative estimate of drug-likeness (QED) is 0.478. The summed E-state index contributed by atoms with van der Waals surface area (Å²) in [6, 6.07) is 0. The largest absolute Gasteiger partial charge is 0.370 e. The summed E-state index contributed by atoms with van der Waals surface area (Å²) < 4.78 is 31.8. The summed E-state index contributed by atoms with van der Waals surface area (Å²) in [5, 5.41) is 18.8. The molecule has 2 aliphatic rings. The number of hydrogen-bond acceptors (Lipinski definition) is 6. The van der Waals surface area contributed by atoms with Crippen molar-refractivity contribution in [2.75, 3.05) is 12.9 Å². The molecule has 2 saturated heterocycles. The molecule has 76 valence electrons. The van der Waals surface area contributed by atoms with Gasteiger partial charge in [0.25, 0.3) is 0 Å². The van der Waals surface area contributed by atoms with E-state index in [2.05, 4.69) is 4.74 Å². The highest BCUT2D eigenvalue weighted by molar-refractivity contribution is 7.92. The van der Waals surface area contributed by atoms with Gasteiger partial charge in [-0.05, 0) is 0 Å². The van der Waals surface area contributed by atoms with E-state index < -0.39 is 39.9 Å². The average molecular weight is 210 g/mol. The second-order valence-corrected chi connectivity index (χ2v) is 5.59. The molecule has 6 nitrogen and oxygen atoms in total. The average Bonchev–Trinajstić information content (AvgIpc) is 2.74. The Labute approximate surface area is 75.0 Å². The van der Waals surface area contributed by atoms with Crippen LogP contribution in [0.3, 0.4) is 0 Å². The van der Waals surface area contributed by atoms with Crippen LogP contribution >= 0.6 is 0 Å². The number of epoxide rings is 1. The molecule has 2 N–H and O–H groups in total. The lowest BCUT2D eigenvalue weighted by Gasteiger charge is -2.28. The molecule has 4 atom stereocenters. The number of fused-ring (bicyclic) bond motifs is 1. The van der Waals surface area contributed by atoms with Gasteiger partial charge in [0.2, 0.25) is 4.93 Å². The number of hydrogen-bond donors (Lipinski definition) is 2. The molecule has 0 amide bonds. The molecule has 0 aromatic rings. The highest BCUT2D eigenvalue weighted by Gasteiger charge is 2.66. The van der Waals surface area contributed by atoms with Crippen LogP contribution in [0, 0.1) is 0 Å². The van der Waals surface area contributed by atoms with Gasteiger partial charge in [0, 0.05) is 6.26 Å². The maximum absolute atomic E-state index is 11.2. The minimum atomic E-state index is -3.66. The van der Waals surface area contributed by atoms with Crippen molar-refractivity contribution in [1.29, 1.82) is 0 Å². The van der Waals surface area contributed by atoms with Gasteiger partial charge in [-0.3, -0.25) is 0 Å². The summed E-state index contributed by atoms with van der Waals surface area (Å²) in [4.78, 5) is -2.00. The third-order valence-corrected chi connectivity index (χ3v) is 3.99. The zero-order chi connectivity index (χ0) is 9.85. The lowest BCUT2D eigenvalue weighted by molar-refractivity contribution is -0.151. The summed E-state index contributed by atoms with van der Waals surface area (Å²) in [6.45, 7) is -0.450. The van der Waals surface area contributed by atoms with E-state index in [4.69, 9.17) is 9.84 Å². The maximum atomic E-state index is 11.2. The number of rotatable bonds is 1. The minimum absolute atomic E-state index is 0.450. The van der Waals surface area contributed by atoms with E-state index >= 15 is 0 Å². The summed E-state index contributed by atoms with van der Waals surface area (Å²) >= 11 is 0. The molecule has 2 heterocycles. The standard InChI is InChI=1S/C6H10O6S/c1-13(9,10)6(8)2-11-5(7)3-4(6)12-3/h3-5,7-8H,2H2,1H3/t3-,4-,5-,6-/m0/s1. The van der Waals surface area contributed by atoms with Gasteiger partial charge in [0.1, 0.15) is 12.2 Å². The molecule has 0 saturated carbocycles. The van der Waals surface area contributed by atoms with Gasteiger partial charge >= 0.3 is 0 Å². The Morgan fingerprint density at radius 3 is 2.69 bits per heavy atom. The van der Waals surface area contributed by atoms with Crippen molar-refractivity contribution >= 4 is 9.84 Å². The molecular weight excluding hydrogens is 200 g/mol. The zero-order valence-corrected chi connectivity index (χ0v) is 7.69. The summed E-state index contributed by atoms with van der Waals surface area (Å²) in [7, 11) is -3.66. The maximum Gasteiger partial charge on any atom is 0.218 e. The van der Waals surface area contributed by atoms with Gasteiger partial charge in [-0.2, -0.15) is 0 Å². The Morgan fingerprint density at radius 2 is 2.15 bits per heavy atom. The first-order valence-electron chi connectivity index (χ1n) is 3.73. The van der Waals surface area contributed by atoms with Gasteiger partial charge < -0.3 is 19.7 Å². The SMILES string of the molecule is CS(=O)(=O)[C@@]1(O)CO[C@H](O)[C@H]2O[C@@H]21. The third-order valence-electron chi connectivity index (χ3n) is 2.35. The van der Waals surface area contributed by atoms with E-state index in [-0.39, 0.29) is 0 Å². The minimum Gasteiger partial charge on any atom is -0.370 e. The zero-order valence-electron chi connectivity index (χ0n) is 6.87. The van der Waals surface area contributed by atoms with E-state index in [1.807, 2.05) is 0 Å². The molecule has 0 radical (unpaired) electrons. The normalized spacial score (nSPS) is 49.9. The van der Waals surface area contributed by atoms with Crippen LogP contribution in [0.2, 0.25) is 0 Å². The molecule has 2 aliphatic heterocycles. The highest BCUT2D eigenvalue weighted by atomic mass is 32.2. The summed E-state index contributed by atoms with van der Waals surface area (Å²) in [6.07, 6.45) is -1.79. The fraction of sp³-hybridized carbons (Fsp3) is 1.00. The van der Waals surface area contributed by atoms with Gasteiger partial charge in [-0.15, -0.1) is 0 Å². The number of sulfone groups is 1. The molecule has 0 aromatic carbocycles. The van der Waals surface area contributed by atoms with Crippen molar-refractivity contribution in [3.05, 3.63) is 0 Å². The van der Waals surface area contributed by atoms with E-state index in [0.717, 1.165) is 6.26 Å². The Bertz CT molecular complexity index is 324. The lowest BCUT2D eigenvalue weighted by Crippen LogP contribution is -2.53. The molecule has 0 unspecified atom stereocenters. The lowest BCUT2D eigenvalue weighted by atomic mass is 10.1. The van der Waals surface area contributed by atoms with Crippen molar-refractivity contribution in [1.82, 2.24) is 0 Å². The van der Waals surface area contributed by atoms with Crippen molar-refractivity contribution < 1.29 is 28.1 Å². The van der Waals surface area contributed by atoms with Crippen molar-refractivity contribution in [2.24, 2.45) is 0 Å². The van der Waals surface area contributed by atoms with E-state index in [9.17, 15) is 13.5 Å². The number of aliphatic hydroxyl groups is 2. The van der Waals surface area contributed by atoms with Gasteiger partial charge in [-0.1, -0.05) is 0 Å². The van der Waals surface area contributed by atoms with E-state index in [0.29, 0.717) is 0 Å². The van der Waals surface area contributed by atoms with Crippen LogP contribution in [0.25, 0.3) is 0 Å². The van der Waals surface area contributed by atoms with Gasteiger partial charge in [0.15, 0.2) is 16.1 Å². The Kier molecular flexibility index (Phi) is 1.74. The van der Waals surface area contributed by atoms with Crippen LogP contribution in [0.1, 0.15) is 0 Å². The topological polar surface area (TPSA) is 96.4 Å². The monoisotopic (exact) mass is 210 g/mol. The fourth-order valence-electron chi connectivity index (χ4n) is 1.40. The summed E-state index contributed by atoms with van der Waals surface area (Å²) in [5.41, 5.74) is 0. The van der Waals surface area contributed by atoms with Crippen LogP contribution in [0.15, 0.2) is 0 Å². The first-order valence-corrected chi connectivity index (χ1v) is 5.62. The second-order valence-electron chi connectivity index (χ2n) is 3.34. The van der Waals surface area contributed by atoms with Crippen molar-refractivity contribution in [3.8, 4) is 0 Å². The number of ether oxygens (including phenoxy) is 2. The molecule has 2 fully saturated rings. The highest BCUT2D eigenvalue weighted by Crippen LogP contribution is 2.42. The molecule has 2 rings (SSSR count). The van der Waals surface area contributed by atoms with Gasteiger partial charge in [0.05, 0.1) is 6.61 Å². The Morgan fingerprint density at radius 1 is 1.54 bits per heavy atom. The predicted molar refractivity (Wildman–Crippen MR) is 40.4 cm³/mol. The van der Waals surface area contributed by atoms with Crippen LogP contribution < -0.4 is 0 Å². The fourth-order valence-corrected chi connectivity index (χ4v) is 2.30. The third kappa shape index (κ3) is 1.19.